The first-order valence-corrected chi connectivity index (χ1v) is 10.9. The van der Waals surface area contributed by atoms with E-state index in [9.17, 15) is 9.59 Å². The number of nitrogens with one attached hydrogen (secondary N) is 2. The lowest BCUT2D eigenvalue weighted by molar-refractivity contribution is -0.124. The molecule has 5 heteroatoms. The SMILES string of the molecule is O=C(N[C@H](CN1CCCC1)c1ccccc1)C1(c2ccc3[nH]c(=O)ccc3c2)CC1. The summed E-state index contributed by atoms with van der Waals surface area (Å²) >= 11 is 0. The number of pyridine rings is 1. The Labute approximate surface area is 176 Å². The van der Waals surface area contributed by atoms with E-state index < -0.39 is 5.41 Å². The van der Waals surface area contributed by atoms with E-state index in [1.54, 1.807) is 0 Å². The third-order valence-corrected chi connectivity index (χ3v) is 6.61. The molecule has 1 saturated heterocycles. The topological polar surface area (TPSA) is 65.2 Å². The molecule has 5 nitrogen and oxygen atoms in total. The summed E-state index contributed by atoms with van der Waals surface area (Å²) in [7, 11) is 0. The molecule has 5 rings (SSSR count). The lowest BCUT2D eigenvalue weighted by Crippen LogP contribution is -2.41. The van der Waals surface area contributed by atoms with Gasteiger partial charge in [-0.15, -0.1) is 0 Å². The maximum Gasteiger partial charge on any atom is 0.248 e. The summed E-state index contributed by atoms with van der Waals surface area (Å²) in [4.78, 5) is 30.3. The minimum absolute atomic E-state index is 0.00825. The smallest absolute Gasteiger partial charge is 0.248 e. The third kappa shape index (κ3) is 3.65. The van der Waals surface area contributed by atoms with Crippen molar-refractivity contribution in [2.45, 2.75) is 37.1 Å². The molecule has 1 aliphatic heterocycles. The van der Waals surface area contributed by atoms with Crippen LogP contribution in [0.4, 0.5) is 0 Å². The molecule has 1 aromatic heterocycles. The minimum atomic E-state index is -0.456. The second-order valence-electron chi connectivity index (χ2n) is 8.65. The van der Waals surface area contributed by atoms with E-state index in [0.29, 0.717) is 0 Å². The molecule has 2 N–H and O–H groups in total. The predicted octanol–water partition coefficient (Wildman–Crippen LogP) is 3.51. The molecule has 0 unspecified atom stereocenters. The Morgan fingerprint density at radius 1 is 1.03 bits per heavy atom. The fraction of sp³-hybridized carbons (Fsp3) is 0.360. The number of likely N-dealkylation sites (tertiary alicyclic amines) is 1. The van der Waals surface area contributed by atoms with Crippen molar-refractivity contribution in [2.24, 2.45) is 0 Å². The van der Waals surface area contributed by atoms with Gasteiger partial charge in [0.2, 0.25) is 11.5 Å². The second-order valence-corrected chi connectivity index (χ2v) is 8.65. The summed E-state index contributed by atoms with van der Waals surface area (Å²) in [6.07, 6.45) is 4.19. The summed E-state index contributed by atoms with van der Waals surface area (Å²) in [6, 6.07) is 19.6. The lowest BCUT2D eigenvalue weighted by atomic mass is 9.92. The van der Waals surface area contributed by atoms with Gasteiger partial charge >= 0.3 is 0 Å². The van der Waals surface area contributed by atoms with Crippen molar-refractivity contribution >= 4 is 16.8 Å². The molecule has 2 aliphatic rings. The van der Waals surface area contributed by atoms with Crippen LogP contribution in [0.3, 0.4) is 0 Å². The molecule has 2 heterocycles. The van der Waals surface area contributed by atoms with Crippen LogP contribution in [0.15, 0.2) is 65.5 Å². The average Bonchev–Trinajstić information content (AvgIpc) is 3.43. The number of carbonyl (C=O) groups is 1. The molecule has 0 bridgehead atoms. The zero-order valence-corrected chi connectivity index (χ0v) is 17.1. The van der Waals surface area contributed by atoms with Crippen molar-refractivity contribution in [2.75, 3.05) is 19.6 Å². The van der Waals surface area contributed by atoms with Gasteiger partial charge in [-0.2, -0.15) is 0 Å². The molecule has 1 aliphatic carbocycles. The number of hydrogen-bond acceptors (Lipinski definition) is 3. The molecule has 0 spiro atoms. The number of fused-ring (bicyclic) bond motifs is 1. The van der Waals surface area contributed by atoms with Gasteiger partial charge < -0.3 is 15.2 Å². The van der Waals surface area contributed by atoms with Crippen LogP contribution in [0.25, 0.3) is 10.9 Å². The summed E-state index contributed by atoms with van der Waals surface area (Å²) in [5, 5.41) is 4.34. The molecule has 2 aromatic carbocycles. The van der Waals surface area contributed by atoms with E-state index in [1.165, 1.54) is 18.9 Å². The van der Waals surface area contributed by atoms with E-state index in [2.05, 4.69) is 33.4 Å². The molecule has 1 saturated carbocycles. The zero-order chi connectivity index (χ0) is 20.6. The van der Waals surface area contributed by atoms with Crippen molar-refractivity contribution in [3.05, 3.63) is 82.1 Å². The number of H-pyrrole nitrogens is 1. The molecule has 1 atom stereocenters. The molecule has 30 heavy (non-hydrogen) atoms. The minimum Gasteiger partial charge on any atom is -0.347 e. The zero-order valence-electron chi connectivity index (χ0n) is 17.1. The van der Waals surface area contributed by atoms with Crippen LogP contribution in [0.1, 0.15) is 42.9 Å². The summed E-state index contributed by atoms with van der Waals surface area (Å²) in [6.45, 7) is 3.06. The van der Waals surface area contributed by atoms with Crippen LogP contribution in [0.5, 0.6) is 0 Å². The number of amides is 1. The van der Waals surface area contributed by atoms with Gasteiger partial charge in [0.25, 0.3) is 0 Å². The van der Waals surface area contributed by atoms with E-state index in [0.717, 1.165) is 54.5 Å². The van der Waals surface area contributed by atoms with Gasteiger partial charge in [0, 0.05) is 18.1 Å². The first-order chi connectivity index (χ1) is 14.6. The molecular weight excluding hydrogens is 374 g/mol. The normalized spacial score (nSPS) is 18.9. The maximum absolute atomic E-state index is 13.5. The van der Waals surface area contributed by atoms with Crippen LogP contribution in [-0.2, 0) is 10.2 Å². The predicted molar refractivity (Wildman–Crippen MR) is 118 cm³/mol. The highest BCUT2D eigenvalue weighted by atomic mass is 16.2. The van der Waals surface area contributed by atoms with Gasteiger partial charge in [-0.3, -0.25) is 9.59 Å². The Bertz CT molecular complexity index is 1110. The molecule has 154 valence electrons. The average molecular weight is 402 g/mol. The van der Waals surface area contributed by atoms with Gasteiger partial charge in [0.15, 0.2) is 0 Å². The van der Waals surface area contributed by atoms with Crippen LogP contribution in [-0.4, -0.2) is 35.4 Å². The van der Waals surface area contributed by atoms with E-state index in [4.69, 9.17) is 0 Å². The number of aromatic nitrogens is 1. The van der Waals surface area contributed by atoms with Crippen molar-refractivity contribution in [1.29, 1.82) is 0 Å². The van der Waals surface area contributed by atoms with Crippen LogP contribution >= 0.6 is 0 Å². The van der Waals surface area contributed by atoms with Gasteiger partial charge in [-0.25, -0.2) is 0 Å². The van der Waals surface area contributed by atoms with Crippen LogP contribution in [0.2, 0.25) is 0 Å². The van der Waals surface area contributed by atoms with Crippen molar-refractivity contribution in [1.82, 2.24) is 15.2 Å². The van der Waals surface area contributed by atoms with Crippen LogP contribution < -0.4 is 10.9 Å². The van der Waals surface area contributed by atoms with Crippen molar-refractivity contribution in [3.8, 4) is 0 Å². The first-order valence-electron chi connectivity index (χ1n) is 10.9. The number of carbonyl (C=O) groups excluding carboxylic acids is 1. The summed E-state index contributed by atoms with van der Waals surface area (Å²) in [5.74, 6) is 0.110. The monoisotopic (exact) mass is 401 g/mol. The molecular formula is C25H27N3O2. The standard InChI is InChI=1S/C25H27N3O2/c29-23-11-8-19-16-20(9-10-21(19)26-23)25(12-13-25)24(30)27-22(17-28-14-4-5-15-28)18-6-2-1-3-7-18/h1-3,6-11,16,22H,4-5,12-15,17H2,(H,26,29)(H,27,30)/t22-/m1/s1. The first kappa shape index (κ1) is 19.1. The second kappa shape index (κ2) is 7.73. The number of hydrogen-bond donors (Lipinski definition) is 2. The quantitative estimate of drug-likeness (QED) is 0.664. The Hall–Kier alpha value is -2.92. The highest BCUT2D eigenvalue weighted by Gasteiger charge is 2.51. The van der Waals surface area contributed by atoms with E-state index >= 15 is 0 Å². The highest BCUT2D eigenvalue weighted by molar-refractivity contribution is 5.93. The molecule has 0 radical (unpaired) electrons. The highest BCUT2D eigenvalue weighted by Crippen LogP contribution is 2.49. The molecule has 2 fully saturated rings. The summed E-state index contributed by atoms with van der Waals surface area (Å²) < 4.78 is 0. The van der Waals surface area contributed by atoms with Crippen LogP contribution in [0, 0.1) is 0 Å². The fourth-order valence-electron chi connectivity index (χ4n) is 4.66. The van der Waals surface area contributed by atoms with Gasteiger partial charge in [0.1, 0.15) is 0 Å². The third-order valence-electron chi connectivity index (χ3n) is 6.61. The van der Waals surface area contributed by atoms with Gasteiger partial charge in [-0.1, -0.05) is 36.4 Å². The molecule has 3 aromatic rings. The van der Waals surface area contributed by atoms with Gasteiger partial charge in [-0.05, 0) is 73.5 Å². The lowest BCUT2D eigenvalue weighted by Gasteiger charge is -2.27. The Kier molecular flexibility index (Phi) is 4.91. The van der Waals surface area contributed by atoms with Gasteiger partial charge in [0.05, 0.1) is 11.5 Å². The van der Waals surface area contributed by atoms with Crippen molar-refractivity contribution in [3.63, 3.8) is 0 Å². The van der Waals surface area contributed by atoms with E-state index in [1.807, 2.05) is 36.4 Å². The number of aromatic amines is 1. The summed E-state index contributed by atoms with van der Waals surface area (Å²) in [5.41, 5.74) is 2.43. The number of nitrogens with zero attached hydrogens (tertiary/aromatic N) is 1. The molecule has 1 amide bonds. The number of rotatable bonds is 6. The Balaban J connectivity index is 1.40. The largest absolute Gasteiger partial charge is 0.347 e. The Morgan fingerprint density at radius 2 is 1.80 bits per heavy atom. The fourth-order valence-corrected chi connectivity index (χ4v) is 4.66. The maximum atomic E-state index is 13.5. The van der Waals surface area contributed by atoms with Crippen molar-refractivity contribution < 1.29 is 4.79 Å². The Morgan fingerprint density at radius 3 is 2.53 bits per heavy atom. The number of benzene rings is 2. The van der Waals surface area contributed by atoms with E-state index in [-0.39, 0.29) is 17.5 Å².